The molecule has 114 valence electrons. The van der Waals surface area contributed by atoms with Crippen molar-refractivity contribution in [1.29, 1.82) is 0 Å². The lowest BCUT2D eigenvalue weighted by Crippen LogP contribution is -2.14. The Kier molecular flexibility index (Phi) is 3.20. The Labute approximate surface area is 124 Å². The molecule has 2 heterocycles. The standard InChI is InChI=1S/C14H19N3O3S/c1-8-10(3)17(12-5-6-12)14(15-8)21(18,19)7-13-9(2)16-20-11(13)4/h12H,5-7H2,1-4H3. The van der Waals surface area contributed by atoms with Crippen molar-refractivity contribution in [1.82, 2.24) is 14.7 Å². The van der Waals surface area contributed by atoms with Crippen molar-refractivity contribution in [3.8, 4) is 0 Å². The highest BCUT2D eigenvalue weighted by Crippen LogP contribution is 2.39. The zero-order chi connectivity index (χ0) is 15.4. The number of imidazole rings is 1. The van der Waals surface area contributed by atoms with Crippen LogP contribution in [0.5, 0.6) is 0 Å². The van der Waals surface area contributed by atoms with Gasteiger partial charge in [0.2, 0.25) is 15.0 Å². The fourth-order valence-corrected chi connectivity index (χ4v) is 4.32. The van der Waals surface area contributed by atoms with Gasteiger partial charge < -0.3 is 9.09 Å². The maximum Gasteiger partial charge on any atom is 0.228 e. The molecule has 0 amide bonds. The minimum Gasteiger partial charge on any atom is -0.361 e. The van der Waals surface area contributed by atoms with Crippen LogP contribution in [0.1, 0.15) is 47.3 Å². The van der Waals surface area contributed by atoms with E-state index in [-0.39, 0.29) is 17.0 Å². The maximum absolute atomic E-state index is 12.8. The quantitative estimate of drug-likeness (QED) is 0.866. The summed E-state index contributed by atoms with van der Waals surface area (Å²) in [5.74, 6) is 0.436. The van der Waals surface area contributed by atoms with E-state index in [0.29, 0.717) is 17.0 Å². The van der Waals surface area contributed by atoms with Crippen LogP contribution in [0.25, 0.3) is 0 Å². The number of hydrogen-bond acceptors (Lipinski definition) is 5. The first-order chi connectivity index (χ1) is 9.81. The summed E-state index contributed by atoms with van der Waals surface area (Å²) >= 11 is 0. The summed E-state index contributed by atoms with van der Waals surface area (Å²) in [6, 6.07) is 0.278. The zero-order valence-electron chi connectivity index (χ0n) is 12.7. The fourth-order valence-electron chi connectivity index (χ4n) is 2.54. The maximum atomic E-state index is 12.8. The van der Waals surface area contributed by atoms with Crippen molar-refractivity contribution in [2.75, 3.05) is 0 Å². The van der Waals surface area contributed by atoms with Crippen LogP contribution in [-0.4, -0.2) is 23.1 Å². The van der Waals surface area contributed by atoms with Crippen LogP contribution >= 0.6 is 0 Å². The molecule has 2 aromatic heterocycles. The summed E-state index contributed by atoms with van der Waals surface area (Å²) in [5, 5.41) is 4.00. The molecular formula is C14H19N3O3S. The van der Waals surface area contributed by atoms with Crippen LogP contribution in [0.2, 0.25) is 0 Å². The van der Waals surface area contributed by atoms with E-state index in [0.717, 1.165) is 24.2 Å². The van der Waals surface area contributed by atoms with Gasteiger partial charge in [0.15, 0.2) is 0 Å². The first-order valence-electron chi connectivity index (χ1n) is 7.01. The van der Waals surface area contributed by atoms with Crippen LogP contribution in [0, 0.1) is 27.7 Å². The lowest BCUT2D eigenvalue weighted by atomic mass is 10.2. The van der Waals surface area contributed by atoms with E-state index in [1.165, 1.54) is 0 Å². The van der Waals surface area contributed by atoms with Gasteiger partial charge in [-0.15, -0.1) is 0 Å². The molecule has 0 atom stereocenters. The first kappa shape index (κ1) is 14.3. The van der Waals surface area contributed by atoms with E-state index in [1.54, 1.807) is 13.8 Å². The molecule has 0 radical (unpaired) electrons. The second kappa shape index (κ2) is 4.69. The minimum absolute atomic E-state index is 0.114. The molecular weight excluding hydrogens is 290 g/mol. The summed E-state index contributed by atoms with van der Waals surface area (Å²) in [5.41, 5.74) is 2.97. The van der Waals surface area contributed by atoms with Crippen molar-refractivity contribution in [3.63, 3.8) is 0 Å². The van der Waals surface area contributed by atoms with E-state index >= 15 is 0 Å². The van der Waals surface area contributed by atoms with Crippen LogP contribution in [0.4, 0.5) is 0 Å². The molecule has 6 nitrogen and oxygen atoms in total. The van der Waals surface area contributed by atoms with Crippen LogP contribution in [0.3, 0.4) is 0 Å². The first-order valence-corrected chi connectivity index (χ1v) is 8.66. The predicted molar refractivity (Wildman–Crippen MR) is 76.8 cm³/mol. The average Bonchev–Trinajstić information content (AvgIpc) is 3.14. The lowest BCUT2D eigenvalue weighted by molar-refractivity contribution is 0.392. The van der Waals surface area contributed by atoms with E-state index in [4.69, 9.17) is 4.52 Å². The van der Waals surface area contributed by atoms with Crippen LogP contribution in [-0.2, 0) is 15.6 Å². The van der Waals surface area contributed by atoms with Crippen molar-refractivity contribution < 1.29 is 12.9 Å². The molecule has 1 fully saturated rings. The van der Waals surface area contributed by atoms with Gasteiger partial charge in [0.05, 0.1) is 17.1 Å². The van der Waals surface area contributed by atoms with Crippen molar-refractivity contribution in [2.24, 2.45) is 0 Å². The average molecular weight is 309 g/mol. The normalized spacial score (nSPS) is 15.6. The molecule has 0 unspecified atom stereocenters. The molecule has 1 saturated carbocycles. The van der Waals surface area contributed by atoms with Gasteiger partial charge in [-0.1, -0.05) is 5.16 Å². The minimum atomic E-state index is -3.51. The molecule has 7 heteroatoms. The van der Waals surface area contributed by atoms with Crippen LogP contribution < -0.4 is 0 Å². The van der Waals surface area contributed by atoms with Crippen LogP contribution in [0.15, 0.2) is 9.68 Å². The Bertz CT molecular complexity index is 778. The van der Waals surface area contributed by atoms with Gasteiger partial charge in [0, 0.05) is 17.3 Å². The smallest absolute Gasteiger partial charge is 0.228 e. The third kappa shape index (κ3) is 2.39. The molecule has 1 aliphatic rings. The molecule has 0 aliphatic heterocycles. The molecule has 0 spiro atoms. The Morgan fingerprint density at radius 3 is 2.38 bits per heavy atom. The fraction of sp³-hybridized carbons (Fsp3) is 0.571. The third-order valence-electron chi connectivity index (χ3n) is 4.06. The van der Waals surface area contributed by atoms with Crippen molar-refractivity contribution >= 4 is 9.84 Å². The molecule has 0 saturated heterocycles. The van der Waals surface area contributed by atoms with Gasteiger partial charge in [0.25, 0.3) is 0 Å². The molecule has 0 N–H and O–H groups in total. The Morgan fingerprint density at radius 2 is 1.86 bits per heavy atom. The Balaban J connectivity index is 2.05. The molecule has 2 aromatic rings. The number of aryl methyl sites for hydroxylation is 3. The monoisotopic (exact) mass is 309 g/mol. The highest BCUT2D eigenvalue weighted by Gasteiger charge is 2.34. The number of rotatable bonds is 4. The SMILES string of the molecule is Cc1noc(C)c1CS(=O)(=O)c1nc(C)c(C)n1C1CC1. The third-order valence-corrected chi connectivity index (χ3v) is 5.57. The summed E-state index contributed by atoms with van der Waals surface area (Å²) in [7, 11) is -3.51. The summed E-state index contributed by atoms with van der Waals surface area (Å²) < 4.78 is 32.5. The number of nitrogens with zero attached hydrogens (tertiary/aromatic N) is 3. The number of hydrogen-bond donors (Lipinski definition) is 0. The highest BCUT2D eigenvalue weighted by atomic mass is 32.2. The Hall–Kier alpha value is -1.63. The van der Waals surface area contributed by atoms with E-state index in [2.05, 4.69) is 10.1 Å². The van der Waals surface area contributed by atoms with E-state index < -0.39 is 9.84 Å². The summed E-state index contributed by atoms with van der Waals surface area (Å²) in [4.78, 5) is 4.31. The Morgan fingerprint density at radius 1 is 1.19 bits per heavy atom. The molecule has 1 aliphatic carbocycles. The van der Waals surface area contributed by atoms with E-state index in [1.807, 2.05) is 18.4 Å². The van der Waals surface area contributed by atoms with E-state index in [9.17, 15) is 8.42 Å². The second-order valence-electron chi connectivity index (χ2n) is 5.73. The largest absolute Gasteiger partial charge is 0.361 e. The molecule has 3 rings (SSSR count). The topological polar surface area (TPSA) is 78.0 Å². The molecule has 0 bridgehead atoms. The van der Waals surface area contributed by atoms with Crippen molar-refractivity contribution in [2.45, 2.75) is 57.5 Å². The zero-order valence-corrected chi connectivity index (χ0v) is 13.5. The van der Waals surface area contributed by atoms with Gasteiger partial charge in [-0.05, 0) is 40.5 Å². The van der Waals surface area contributed by atoms with Gasteiger partial charge >= 0.3 is 0 Å². The molecule has 0 aromatic carbocycles. The number of aromatic nitrogens is 3. The summed E-state index contributed by atoms with van der Waals surface area (Å²) in [6.45, 7) is 7.26. The number of sulfone groups is 1. The highest BCUT2D eigenvalue weighted by molar-refractivity contribution is 7.90. The van der Waals surface area contributed by atoms with Gasteiger partial charge in [-0.3, -0.25) is 0 Å². The van der Waals surface area contributed by atoms with Gasteiger partial charge in [-0.25, -0.2) is 13.4 Å². The second-order valence-corrected chi connectivity index (χ2v) is 7.61. The summed E-state index contributed by atoms with van der Waals surface area (Å²) in [6.07, 6.45) is 2.04. The van der Waals surface area contributed by atoms with Crippen molar-refractivity contribution in [3.05, 3.63) is 28.4 Å². The van der Waals surface area contributed by atoms with Gasteiger partial charge in [-0.2, -0.15) is 0 Å². The molecule has 21 heavy (non-hydrogen) atoms. The lowest BCUT2D eigenvalue weighted by Gasteiger charge is -2.09. The van der Waals surface area contributed by atoms with Gasteiger partial charge in [0.1, 0.15) is 5.76 Å². The predicted octanol–water partition coefficient (Wildman–Crippen LogP) is 2.41.